The average Bonchev–Trinajstić information content (AvgIpc) is 2.41. The first-order valence-electron chi connectivity index (χ1n) is 6.74. The molecule has 2 aromatic carbocycles. The zero-order valence-electron chi connectivity index (χ0n) is 12.7. The van der Waals surface area contributed by atoms with Gasteiger partial charge in [-0.3, -0.25) is 4.79 Å². The molecule has 0 aliphatic carbocycles. The topological polar surface area (TPSA) is 32.3 Å². The predicted molar refractivity (Wildman–Crippen MR) is 89.6 cm³/mol. The molecule has 21 heavy (non-hydrogen) atoms. The van der Waals surface area contributed by atoms with Gasteiger partial charge in [0.1, 0.15) is 0 Å². The molecule has 0 unspecified atom stereocenters. The SMILES string of the molecule is Cc1cccc(C(=O)Nc2cc(Cl)ccc2N(C)C)c1C. The Hall–Kier alpha value is -2.00. The first-order valence-corrected chi connectivity index (χ1v) is 7.12. The lowest BCUT2D eigenvalue weighted by Gasteiger charge is -2.18. The Bertz CT molecular complexity index is 680. The summed E-state index contributed by atoms with van der Waals surface area (Å²) in [5, 5.41) is 3.55. The van der Waals surface area contributed by atoms with Crippen LogP contribution in [0.3, 0.4) is 0 Å². The predicted octanol–water partition coefficient (Wildman–Crippen LogP) is 4.28. The number of rotatable bonds is 3. The Morgan fingerprint density at radius 1 is 1.14 bits per heavy atom. The summed E-state index contributed by atoms with van der Waals surface area (Å²) in [5.74, 6) is -0.124. The number of halogens is 1. The van der Waals surface area contributed by atoms with Gasteiger partial charge in [-0.2, -0.15) is 0 Å². The highest BCUT2D eigenvalue weighted by molar-refractivity contribution is 6.31. The van der Waals surface area contributed by atoms with Crippen molar-refractivity contribution in [1.82, 2.24) is 0 Å². The Kier molecular flexibility index (Phi) is 4.53. The third-order valence-electron chi connectivity index (χ3n) is 3.54. The standard InChI is InChI=1S/C17H19ClN2O/c1-11-6-5-7-14(12(11)2)17(21)19-15-10-13(18)8-9-16(15)20(3)4/h5-10H,1-4H3,(H,19,21). The second-order valence-corrected chi connectivity index (χ2v) is 5.69. The normalized spacial score (nSPS) is 10.3. The minimum atomic E-state index is -0.124. The second kappa shape index (κ2) is 6.19. The molecule has 0 aliphatic heterocycles. The highest BCUT2D eigenvalue weighted by Crippen LogP contribution is 2.28. The molecule has 0 heterocycles. The molecule has 0 saturated heterocycles. The molecule has 0 radical (unpaired) electrons. The number of benzene rings is 2. The fourth-order valence-corrected chi connectivity index (χ4v) is 2.36. The van der Waals surface area contributed by atoms with E-state index in [0.29, 0.717) is 16.3 Å². The van der Waals surface area contributed by atoms with E-state index < -0.39 is 0 Å². The molecule has 0 atom stereocenters. The van der Waals surface area contributed by atoms with Crippen molar-refractivity contribution in [2.24, 2.45) is 0 Å². The van der Waals surface area contributed by atoms with Crippen LogP contribution in [-0.2, 0) is 0 Å². The third kappa shape index (κ3) is 3.37. The van der Waals surface area contributed by atoms with Gasteiger partial charge in [-0.1, -0.05) is 23.7 Å². The molecule has 0 bridgehead atoms. The summed E-state index contributed by atoms with van der Waals surface area (Å²) in [6.07, 6.45) is 0. The lowest BCUT2D eigenvalue weighted by atomic mass is 10.0. The maximum atomic E-state index is 12.5. The average molecular weight is 303 g/mol. The monoisotopic (exact) mass is 302 g/mol. The maximum Gasteiger partial charge on any atom is 0.255 e. The molecule has 0 saturated carbocycles. The van der Waals surface area contributed by atoms with Gasteiger partial charge in [-0.25, -0.2) is 0 Å². The largest absolute Gasteiger partial charge is 0.376 e. The lowest BCUT2D eigenvalue weighted by Crippen LogP contribution is -2.17. The van der Waals surface area contributed by atoms with E-state index >= 15 is 0 Å². The van der Waals surface area contributed by atoms with E-state index in [-0.39, 0.29) is 5.91 Å². The van der Waals surface area contributed by atoms with Gasteiger partial charge in [0.2, 0.25) is 0 Å². The zero-order chi connectivity index (χ0) is 15.6. The summed E-state index contributed by atoms with van der Waals surface area (Å²) in [4.78, 5) is 14.4. The molecular formula is C17H19ClN2O. The number of hydrogen-bond acceptors (Lipinski definition) is 2. The van der Waals surface area contributed by atoms with Crippen LogP contribution in [0, 0.1) is 13.8 Å². The van der Waals surface area contributed by atoms with E-state index in [9.17, 15) is 4.79 Å². The van der Waals surface area contributed by atoms with Gasteiger partial charge in [0.15, 0.2) is 0 Å². The Balaban J connectivity index is 2.36. The van der Waals surface area contributed by atoms with Crippen molar-refractivity contribution in [2.45, 2.75) is 13.8 Å². The Morgan fingerprint density at radius 2 is 1.86 bits per heavy atom. The van der Waals surface area contributed by atoms with Crippen LogP contribution in [0.1, 0.15) is 21.5 Å². The van der Waals surface area contributed by atoms with E-state index in [1.54, 1.807) is 6.07 Å². The van der Waals surface area contributed by atoms with Crippen LogP contribution in [0.25, 0.3) is 0 Å². The maximum absolute atomic E-state index is 12.5. The number of anilines is 2. The number of carbonyl (C=O) groups is 1. The smallest absolute Gasteiger partial charge is 0.255 e. The van der Waals surface area contributed by atoms with Gasteiger partial charge in [-0.05, 0) is 49.2 Å². The summed E-state index contributed by atoms with van der Waals surface area (Å²) >= 11 is 6.04. The van der Waals surface area contributed by atoms with Crippen molar-refractivity contribution >= 4 is 28.9 Å². The number of amides is 1. The fourth-order valence-electron chi connectivity index (χ4n) is 2.19. The highest BCUT2D eigenvalue weighted by atomic mass is 35.5. The summed E-state index contributed by atoms with van der Waals surface area (Å²) in [5.41, 5.74) is 4.39. The van der Waals surface area contributed by atoms with Gasteiger partial charge in [-0.15, -0.1) is 0 Å². The summed E-state index contributed by atoms with van der Waals surface area (Å²) in [7, 11) is 3.85. The first kappa shape index (κ1) is 15.4. The molecule has 0 fully saturated rings. The third-order valence-corrected chi connectivity index (χ3v) is 3.77. The minimum absolute atomic E-state index is 0.124. The molecule has 1 N–H and O–H groups in total. The van der Waals surface area contributed by atoms with Gasteiger partial charge in [0, 0.05) is 24.7 Å². The molecule has 2 rings (SSSR count). The highest BCUT2D eigenvalue weighted by Gasteiger charge is 2.13. The van der Waals surface area contributed by atoms with Crippen LogP contribution in [0.5, 0.6) is 0 Å². The summed E-state index contributed by atoms with van der Waals surface area (Å²) < 4.78 is 0. The van der Waals surface area contributed by atoms with Crippen LogP contribution in [0.15, 0.2) is 36.4 Å². The van der Waals surface area contributed by atoms with Gasteiger partial charge < -0.3 is 10.2 Å². The van der Waals surface area contributed by atoms with Crippen LogP contribution < -0.4 is 10.2 Å². The van der Waals surface area contributed by atoms with Crippen molar-refractivity contribution < 1.29 is 4.79 Å². The molecular weight excluding hydrogens is 284 g/mol. The zero-order valence-corrected chi connectivity index (χ0v) is 13.5. The molecule has 0 aliphatic rings. The molecule has 110 valence electrons. The Morgan fingerprint density at radius 3 is 2.52 bits per heavy atom. The first-order chi connectivity index (χ1) is 9.90. The van der Waals surface area contributed by atoms with E-state index in [1.165, 1.54) is 0 Å². The van der Waals surface area contributed by atoms with Crippen molar-refractivity contribution in [3.63, 3.8) is 0 Å². The van der Waals surface area contributed by atoms with E-state index in [0.717, 1.165) is 16.8 Å². The van der Waals surface area contributed by atoms with Crippen molar-refractivity contribution in [3.8, 4) is 0 Å². The van der Waals surface area contributed by atoms with Crippen LogP contribution in [-0.4, -0.2) is 20.0 Å². The molecule has 0 aromatic heterocycles. The lowest BCUT2D eigenvalue weighted by molar-refractivity contribution is 0.102. The Labute approximate surface area is 130 Å². The van der Waals surface area contributed by atoms with Crippen LogP contribution in [0.2, 0.25) is 5.02 Å². The van der Waals surface area contributed by atoms with E-state index in [1.807, 2.05) is 63.2 Å². The molecule has 4 heteroatoms. The van der Waals surface area contributed by atoms with E-state index in [4.69, 9.17) is 11.6 Å². The number of aryl methyl sites for hydroxylation is 1. The molecule has 3 nitrogen and oxygen atoms in total. The summed E-state index contributed by atoms with van der Waals surface area (Å²) in [6, 6.07) is 11.2. The van der Waals surface area contributed by atoms with Crippen LogP contribution in [0.4, 0.5) is 11.4 Å². The molecule has 0 spiro atoms. The number of nitrogens with one attached hydrogen (secondary N) is 1. The van der Waals surface area contributed by atoms with Gasteiger partial charge in [0.05, 0.1) is 11.4 Å². The fraction of sp³-hybridized carbons (Fsp3) is 0.235. The van der Waals surface area contributed by atoms with Crippen molar-refractivity contribution in [2.75, 3.05) is 24.3 Å². The van der Waals surface area contributed by atoms with Gasteiger partial charge >= 0.3 is 0 Å². The second-order valence-electron chi connectivity index (χ2n) is 5.26. The summed E-state index contributed by atoms with van der Waals surface area (Å²) in [6.45, 7) is 3.95. The van der Waals surface area contributed by atoms with E-state index in [2.05, 4.69) is 5.32 Å². The molecule has 1 amide bonds. The molecule has 2 aromatic rings. The minimum Gasteiger partial charge on any atom is -0.376 e. The van der Waals surface area contributed by atoms with Crippen LogP contribution >= 0.6 is 11.6 Å². The number of hydrogen-bond donors (Lipinski definition) is 1. The number of nitrogens with zero attached hydrogens (tertiary/aromatic N) is 1. The quantitative estimate of drug-likeness (QED) is 0.918. The van der Waals surface area contributed by atoms with Crippen molar-refractivity contribution in [3.05, 3.63) is 58.1 Å². The number of carbonyl (C=O) groups excluding carboxylic acids is 1. The van der Waals surface area contributed by atoms with Crippen molar-refractivity contribution in [1.29, 1.82) is 0 Å². The van der Waals surface area contributed by atoms with Gasteiger partial charge in [0.25, 0.3) is 5.91 Å².